The number of rotatable bonds is 4. The number of amides is 1. The van der Waals surface area contributed by atoms with E-state index in [9.17, 15) is 4.79 Å². The van der Waals surface area contributed by atoms with Crippen molar-refractivity contribution in [2.24, 2.45) is 5.73 Å². The molecular weight excluding hydrogens is 252 g/mol. The van der Waals surface area contributed by atoms with Crippen LogP contribution in [0.15, 0.2) is 42.6 Å². The highest BCUT2D eigenvalue weighted by Gasteiger charge is 2.31. The zero-order chi connectivity index (χ0) is 14.8. The Morgan fingerprint density at radius 3 is 2.55 bits per heavy atom. The molecule has 1 aromatic heterocycles. The Bertz CT molecular complexity index is 587. The van der Waals surface area contributed by atoms with E-state index in [-0.39, 0.29) is 11.9 Å². The Hall–Kier alpha value is -2.14. The van der Waals surface area contributed by atoms with Gasteiger partial charge in [0.05, 0.1) is 6.20 Å². The van der Waals surface area contributed by atoms with Crippen molar-refractivity contribution in [3.8, 4) is 0 Å². The molecule has 1 atom stereocenters. The van der Waals surface area contributed by atoms with Crippen molar-refractivity contribution in [2.45, 2.75) is 32.4 Å². The van der Waals surface area contributed by atoms with Crippen LogP contribution in [0.1, 0.15) is 32.4 Å². The van der Waals surface area contributed by atoms with Gasteiger partial charge >= 0.3 is 0 Å². The summed E-state index contributed by atoms with van der Waals surface area (Å²) in [5.74, 6) is 0.392. The van der Waals surface area contributed by atoms with Crippen LogP contribution in [0.25, 0.3) is 0 Å². The molecule has 0 fully saturated rings. The van der Waals surface area contributed by atoms with Crippen LogP contribution in [0.5, 0.6) is 0 Å². The zero-order valence-electron chi connectivity index (χ0n) is 12.0. The molecule has 0 aliphatic carbocycles. The molecule has 0 radical (unpaired) electrons. The van der Waals surface area contributed by atoms with Gasteiger partial charge in [0.2, 0.25) is 5.91 Å². The van der Waals surface area contributed by atoms with Crippen molar-refractivity contribution in [3.63, 3.8) is 0 Å². The third-order valence-electron chi connectivity index (χ3n) is 3.25. The maximum Gasteiger partial charge on any atom is 0.249 e. The van der Waals surface area contributed by atoms with E-state index in [1.807, 2.05) is 44.2 Å². The number of nitrogens with zero attached hydrogens (tertiary/aromatic N) is 2. The molecule has 0 saturated carbocycles. The number of benzene rings is 1. The highest BCUT2D eigenvalue weighted by atomic mass is 16.2. The second kappa shape index (κ2) is 5.46. The van der Waals surface area contributed by atoms with Crippen molar-refractivity contribution in [1.29, 1.82) is 0 Å². The van der Waals surface area contributed by atoms with Crippen LogP contribution in [0.2, 0.25) is 0 Å². The molecule has 0 bridgehead atoms. The van der Waals surface area contributed by atoms with E-state index < -0.39 is 5.54 Å². The Balaban J connectivity index is 2.22. The molecule has 1 unspecified atom stereocenters. The van der Waals surface area contributed by atoms with Crippen molar-refractivity contribution < 1.29 is 4.79 Å². The Kier molecular flexibility index (Phi) is 3.90. The second-order valence-electron chi connectivity index (χ2n) is 5.28. The highest BCUT2D eigenvalue weighted by molar-refractivity contribution is 5.97. The summed E-state index contributed by atoms with van der Waals surface area (Å²) in [5, 5.41) is 7.03. The van der Waals surface area contributed by atoms with Gasteiger partial charge in [0, 0.05) is 12.1 Å². The summed E-state index contributed by atoms with van der Waals surface area (Å²) < 4.78 is 1.75. The van der Waals surface area contributed by atoms with Gasteiger partial charge in [-0.2, -0.15) is 5.10 Å². The fourth-order valence-electron chi connectivity index (χ4n) is 1.99. The van der Waals surface area contributed by atoms with E-state index in [4.69, 9.17) is 5.73 Å². The Morgan fingerprint density at radius 2 is 1.95 bits per heavy atom. The fraction of sp³-hybridized carbons (Fsp3) is 0.333. The van der Waals surface area contributed by atoms with E-state index in [1.54, 1.807) is 23.9 Å². The molecular formula is C15H20N4O. The van der Waals surface area contributed by atoms with Gasteiger partial charge in [0.15, 0.2) is 0 Å². The van der Waals surface area contributed by atoms with Gasteiger partial charge < -0.3 is 11.1 Å². The van der Waals surface area contributed by atoms with Crippen molar-refractivity contribution in [2.75, 3.05) is 5.32 Å². The summed E-state index contributed by atoms with van der Waals surface area (Å²) in [6.07, 6.45) is 1.66. The van der Waals surface area contributed by atoms with Crippen LogP contribution in [0.3, 0.4) is 0 Å². The van der Waals surface area contributed by atoms with E-state index in [2.05, 4.69) is 10.4 Å². The second-order valence-corrected chi connectivity index (χ2v) is 5.28. The molecule has 0 spiro atoms. The molecule has 3 N–H and O–H groups in total. The predicted octanol–water partition coefficient (Wildman–Crippen LogP) is 2.28. The minimum Gasteiger partial charge on any atom is -0.314 e. The largest absolute Gasteiger partial charge is 0.314 e. The molecule has 1 heterocycles. The van der Waals surface area contributed by atoms with Crippen LogP contribution < -0.4 is 11.1 Å². The third kappa shape index (κ3) is 2.72. The number of hydrogen-bond donors (Lipinski definition) is 2. The standard InChI is InChI=1S/C15H20N4O/c1-11(2)19-13(9-10-17-19)18-14(20)15(3,16)12-7-5-4-6-8-12/h4-11H,16H2,1-3H3,(H,18,20). The van der Waals surface area contributed by atoms with Crippen molar-refractivity contribution >= 4 is 11.7 Å². The molecule has 0 saturated heterocycles. The summed E-state index contributed by atoms with van der Waals surface area (Å²) >= 11 is 0. The minimum absolute atomic E-state index is 0.168. The first-order chi connectivity index (χ1) is 9.43. The van der Waals surface area contributed by atoms with Gasteiger partial charge in [-0.1, -0.05) is 30.3 Å². The van der Waals surface area contributed by atoms with Gasteiger partial charge in [-0.25, -0.2) is 4.68 Å². The van der Waals surface area contributed by atoms with Gasteiger partial charge in [-0.15, -0.1) is 0 Å². The van der Waals surface area contributed by atoms with Crippen LogP contribution in [-0.2, 0) is 10.3 Å². The van der Waals surface area contributed by atoms with Crippen molar-refractivity contribution in [3.05, 3.63) is 48.2 Å². The lowest BCUT2D eigenvalue weighted by Crippen LogP contribution is -2.45. The summed E-state index contributed by atoms with van der Waals surface area (Å²) in [4.78, 5) is 12.4. The molecule has 2 rings (SSSR count). The first-order valence-electron chi connectivity index (χ1n) is 6.62. The van der Waals surface area contributed by atoms with Crippen LogP contribution in [0.4, 0.5) is 5.82 Å². The smallest absolute Gasteiger partial charge is 0.249 e. The lowest BCUT2D eigenvalue weighted by molar-refractivity contribution is -0.120. The van der Waals surface area contributed by atoms with Gasteiger partial charge in [0.25, 0.3) is 0 Å². The first kappa shape index (κ1) is 14.3. The lowest BCUT2D eigenvalue weighted by Gasteiger charge is -2.24. The highest BCUT2D eigenvalue weighted by Crippen LogP contribution is 2.21. The van der Waals surface area contributed by atoms with E-state index in [0.717, 1.165) is 5.56 Å². The molecule has 0 aliphatic rings. The number of nitrogens with two attached hydrogens (primary N) is 1. The lowest BCUT2D eigenvalue weighted by atomic mass is 9.92. The number of nitrogens with one attached hydrogen (secondary N) is 1. The Morgan fingerprint density at radius 1 is 1.30 bits per heavy atom. The molecule has 1 amide bonds. The van der Waals surface area contributed by atoms with Crippen LogP contribution in [0, 0.1) is 0 Å². The third-order valence-corrected chi connectivity index (χ3v) is 3.25. The first-order valence-corrected chi connectivity index (χ1v) is 6.62. The average Bonchev–Trinajstić information content (AvgIpc) is 2.88. The van der Waals surface area contributed by atoms with Gasteiger partial charge in [-0.3, -0.25) is 4.79 Å². The fourth-order valence-corrected chi connectivity index (χ4v) is 1.99. The van der Waals surface area contributed by atoms with Crippen molar-refractivity contribution in [1.82, 2.24) is 9.78 Å². The molecule has 5 heteroatoms. The number of carbonyl (C=O) groups is 1. The maximum absolute atomic E-state index is 12.4. The van der Waals surface area contributed by atoms with Crippen LogP contribution in [-0.4, -0.2) is 15.7 Å². The summed E-state index contributed by atoms with van der Waals surface area (Å²) in [5.41, 5.74) is 5.86. The topological polar surface area (TPSA) is 72.9 Å². The molecule has 106 valence electrons. The Labute approximate surface area is 118 Å². The predicted molar refractivity (Wildman–Crippen MR) is 79.2 cm³/mol. The molecule has 0 aliphatic heterocycles. The maximum atomic E-state index is 12.4. The van der Waals surface area contributed by atoms with E-state index in [0.29, 0.717) is 5.82 Å². The number of carbonyl (C=O) groups excluding carboxylic acids is 1. The number of aromatic nitrogens is 2. The molecule has 1 aromatic carbocycles. The van der Waals surface area contributed by atoms with Gasteiger partial charge in [-0.05, 0) is 26.3 Å². The van der Waals surface area contributed by atoms with Crippen LogP contribution >= 0.6 is 0 Å². The summed E-state index contributed by atoms with van der Waals surface area (Å²) in [6.45, 7) is 5.71. The van der Waals surface area contributed by atoms with E-state index in [1.165, 1.54) is 0 Å². The molecule has 2 aromatic rings. The monoisotopic (exact) mass is 272 g/mol. The van der Waals surface area contributed by atoms with E-state index >= 15 is 0 Å². The van der Waals surface area contributed by atoms with Gasteiger partial charge in [0.1, 0.15) is 11.4 Å². The average molecular weight is 272 g/mol. The summed E-state index contributed by atoms with van der Waals surface area (Å²) in [7, 11) is 0. The normalized spacial score (nSPS) is 14.1. The zero-order valence-corrected chi connectivity index (χ0v) is 12.0. The minimum atomic E-state index is -1.09. The number of hydrogen-bond acceptors (Lipinski definition) is 3. The SMILES string of the molecule is CC(C)n1nccc1NC(=O)C(C)(N)c1ccccc1. The number of anilines is 1. The quantitative estimate of drug-likeness (QED) is 0.896. The molecule has 20 heavy (non-hydrogen) atoms. The molecule has 5 nitrogen and oxygen atoms in total. The summed E-state index contributed by atoms with van der Waals surface area (Å²) in [6, 6.07) is 11.3.